The van der Waals surface area contributed by atoms with Crippen molar-refractivity contribution in [2.45, 2.75) is 13.7 Å². The van der Waals surface area contributed by atoms with Crippen molar-refractivity contribution in [2.24, 2.45) is 7.05 Å². The van der Waals surface area contributed by atoms with Crippen molar-refractivity contribution in [3.8, 4) is 5.75 Å². The first kappa shape index (κ1) is 16.1. The summed E-state index contributed by atoms with van der Waals surface area (Å²) >= 11 is 5.92. The third kappa shape index (κ3) is 3.75. The lowest BCUT2D eigenvalue weighted by Gasteiger charge is -2.09. The second-order valence-corrected chi connectivity index (χ2v) is 5.69. The highest BCUT2D eigenvalue weighted by molar-refractivity contribution is 6.30. The molecule has 0 radical (unpaired) electrons. The Bertz CT molecular complexity index is 871. The average molecular weight is 346 g/mol. The summed E-state index contributed by atoms with van der Waals surface area (Å²) in [4.78, 5) is 12.1. The van der Waals surface area contributed by atoms with E-state index in [4.69, 9.17) is 16.3 Å². The quantitative estimate of drug-likeness (QED) is 0.771. The molecule has 0 fully saturated rings. The number of carbonyl (C=O) groups excluding carboxylic acids is 1. The number of nitrogens with one attached hydrogen (secondary N) is 1. The monoisotopic (exact) mass is 345 g/mol. The second kappa shape index (κ2) is 6.76. The van der Waals surface area contributed by atoms with Gasteiger partial charge in [-0.15, -0.1) is 0 Å². The molecule has 7 nitrogen and oxygen atoms in total. The molecule has 2 heterocycles. The van der Waals surface area contributed by atoms with Crippen molar-refractivity contribution in [2.75, 3.05) is 5.32 Å². The van der Waals surface area contributed by atoms with Crippen LogP contribution >= 0.6 is 11.6 Å². The normalized spacial score (nSPS) is 10.6. The lowest BCUT2D eigenvalue weighted by atomic mass is 10.2. The van der Waals surface area contributed by atoms with Gasteiger partial charge >= 0.3 is 0 Å². The summed E-state index contributed by atoms with van der Waals surface area (Å²) in [5.74, 6) is 0.870. The number of hydrogen-bond donors (Lipinski definition) is 1. The number of carbonyl (C=O) groups is 1. The predicted octanol–water partition coefficient (Wildman–Crippen LogP) is 2.87. The minimum absolute atomic E-state index is 0.194. The van der Waals surface area contributed by atoms with E-state index in [2.05, 4.69) is 15.5 Å². The topological polar surface area (TPSA) is 74.0 Å². The molecule has 0 bridgehead atoms. The minimum Gasteiger partial charge on any atom is -0.471 e. The molecule has 1 N–H and O–H groups in total. The first-order valence-corrected chi connectivity index (χ1v) is 7.62. The standard InChI is InChI=1S/C16H16ClN5O2/c1-11-9-12(17)3-4-14(11)24-10-22-8-5-13(19-22)16(23)18-15-6-7-21(2)20-15/h3-9H,10H2,1-2H3,(H,18,20,23). The van der Waals surface area contributed by atoms with E-state index < -0.39 is 0 Å². The molecule has 24 heavy (non-hydrogen) atoms. The van der Waals surface area contributed by atoms with Gasteiger partial charge in [-0.2, -0.15) is 10.2 Å². The molecule has 0 spiro atoms. The number of ether oxygens (including phenoxy) is 1. The summed E-state index contributed by atoms with van der Waals surface area (Å²) < 4.78 is 8.84. The second-order valence-electron chi connectivity index (χ2n) is 5.25. The van der Waals surface area contributed by atoms with Crippen LogP contribution in [0, 0.1) is 6.92 Å². The number of anilines is 1. The van der Waals surface area contributed by atoms with Crippen LogP contribution in [0.4, 0.5) is 5.82 Å². The number of halogens is 1. The van der Waals surface area contributed by atoms with E-state index in [1.54, 1.807) is 53.1 Å². The van der Waals surface area contributed by atoms with E-state index in [0.29, 0.717) is 10.8 Å². The van der Waals surface area contributed by atoms with Crippen LogP contribution in [0.15, 0.2) is 42.7 Å². The van der Waals surface area contributed by atoms with Crippen molar-refractivity contribution in [1.82, 2.24) is 19.6 Å². The van der Waals surface area contributed by atoms with Gasteiger partial charge in [0.1, 0.15) is 5.75 Å². The molecule has 3 rings (SSSR count). The zero-order chi connectivity index (χ0) is 17.1. The fraction of sp³-hybridized carbons (Fsp3) is 0.188. The minimum atomic E-state index is -0.324. The highest BCUT2D eigenvalue weighted by atomic mass is 35.5. The van der Waals surface area contributed by atoms with Crippen molar-refractivity contribution in [1.29, 1.82) is 0 Å². The summed E-state index contributed by atoms with van der Waals surface area (Å²) in [6.07, 6.45) is 3.43. The van der Waals surface area contributed by atoms with Gasteiger partial charge in [-0.3, -0.25) is 9.48 Å². The van der Waals surface area contributed by atoms with E-state index in [1.165, 1.54) is 0 Å². The van der Waals surface area contributed by atoms with Crippen LogP contribution in [-0.2, 0) is 13.8 Å². The molecule has 0 saturated heterocycles. The Labute approximate surface area is 143 Å². The van der Waals surface area contributed by atoms with Crippen LogP contribution in [0.2, 0.25) is 5.02 Å². The lowest BCUT2D eigenvalue weighted by Crippen LogP contribution is -2.14. The molecule has 1 amide bonds. The van der Waals surface area contributed by atoms with E-state index in [9.17, 15) is 4.79 Å². The van der Waals surface area contributed by atoms with E-state index in [0.717, 1.165) is 11.3 Å². The van der Waals surface area contributed by atoms with Crippen molar-refractivity contribution in [3.05, 3.63) is 59.0 Å². The van der Waals surface area contributed by atoms with Gasteiger partial charge in [0.25, 0.3) is 5.91 Å². The molecule has 0 aliphatic heterocycles. The molecule has 0 atom stereocenters. The molecule has 2 aromatic heterocycles. The van der Waals surface area contributed by atoms with E-state index in [-0.39, 0.29) is 18.3 Å². The number of benzene rings is 1. The number of aromatic nitrogens is 4. The largest absolute Gasteiger partial charge is 0.471 e. The zero-order valence-corrected chi connectivity index (χ0v) is 14.0. The molecule has 0 unspecified atom stereocenters. The maximum atomic E-state index is 12.1. The van der Waals surface area contributed by atoms with Crippen LogP contribution in [0.3, 0.4) is 0 Å². The maximum Gasteiger partial charge on any atom is 0.277 e. The number of amides is 1. The van der Waals surface area contributed by atoms with Gasteiger partial charge in [0.15, 0.2) is 18.2 Å². The Morgan fingerprint density at radius 1 is 1.25 bits per heavy atom. The molecule has 0 aliphatic rings. The maximum absolute atomic E-state index is 12.1. The summed E-state index contributed by atoms with van der Waals surface area (Å²) in [6, 6.07) is 8.72. The average Bonchev–Trinajstić information content (AvgIpc) is 3.15. The molecule has 1 aromatic carbocycles. The molecule has 0 saturated carbocycles. The molecule has 3 aromatic rings. The number of rotatable bonds is 5. The van der Waals surface area contributed by atoms with Crippen LogP contribution in [0.25, 0.3) is 0 Å². The Hall–Kier alpha value is -2.80. The summed E-state index contributed by atoms with van der Waals surface area (Å²) in [5, 5.41) is 11.6. The first-order valence-electron chi connectivity index (χ1n) is 7.25. The summed E-state index contributed by atoms with van der Waals surface area (Å²) in [6.45, 7) is 2.11. The third-order valence-corrected chi connectivity index (χ3v) is 3.55. The predicted molar refractivity (Wildman–Crippen MR) is 90.2 cm³/mol. The van der Waals surface area contributed by atoms with Crippen LogP contribution in [-0.4, -0.2) is 25.5 Å². The van der Waals surface area contributed by atoms with Gasteiger partial charge in [-0.05, 0) is 36.8 Å². The van der Waals surface area contributed by atoms with Gasteiger partial charge in [-0.1, -0.05) is 11.6 Å². The molecule has 8 heteroatoms. The Kier molecular flexibility index (Phi) is 4.52. The Balaban J connectivity index is 1.61. The van der Waals surface area contributed by atoms with E-state index >= 15 is 0 Å². The van der Waals surface area contributed by atoms with Crippen LogP contribution in [0.1, 0.15) is 16.1 Å². The zero-order valence-electron chi connectivity index (χ0n) is 13.2. The number of aryl methyl sites for hydroxylation is 2. The fourth-order valence-electron chi connectivity index (χ4n) is 2.13. The van der Waals surface area contributed by atoms with Gasteiger partial charge in [0.2, 0.25) is 0 Å². The number of nitrogens with zero attached hydrogens (tertiary/aromatic N) is 4. The lowest BCUT2D eigenvalue weighted by molar-refractivity contribution is 0.101. The van der Waals surface area contributed by atoms with Gasteiger partial charge < -0.3 is 10.1 Å². The smallest absolute Gasteiger partial charge is 0.277 e. The van der Waals surface area contributed by atoms with Crippen molar-refractivity contribution in [3.63, 3.8) is 0 Å². The molecule has 0 aliphatic carbocycles. The highest BCUT2D eigenvalue weighted by Gasteiger charge is 2.11. The summed E-state index contributed by atoms with van der Waals surface area (Å²) in [5.41, 5.74) is 1.22. The highest BCUT2D eigenvalue weighted by Crippen LogP contribution is 2.22. The molecule has 124 valence electrons. The Morgan fingerprint density at radius 3 is 2.79 bits per heavy atom. The van der Waals surface area contributed by atoms with Crippen LogP contribution < -0.4 is 10.1 Å². The van der Waals surface area contributed by atoms with Gasteiger partial charge in [0, 0.05) is 30.5 Å². The Morgan fingerprint density at radius 2 is 2.08 bits per heavy atom. The van der Waals surface area contributed by atoms with E-state index in [1.807, 2.05) is 13.0 Å². The molecular formula is C16H16ClN5O2. The van der Waals surface area contributed by atoms with Crippen LogP contribution in [0.5, 0.6) is 5.75 Å². The first-order chi connectivity index (χ1) is 11.5. The number of hydrogen-bond acceptors (Lipinski definition) is 4. The summed E-state index contributed by atoms with van der Waals surface area (Å²) in [7, 11) is 1.78. The van der Waals surface area contributed by atoms with Crippen molar-refractivity contribution < 1.29 is 9.53 Å². The van der Waals surface area contributed by atoms with Gasteiger partial charge in [-0.25, -0.2) is 4.68 Å². The van der Waals surface area contributed by atoms with Crippen molar-refractivity contribution >= 4 is 23.3 Å². The SMILES string of the molecule is Cc1cc(Cl)ccc1OCn1ccc(C(=O)Nc2ccn(C)n2)n1. The van der Waals surface area contributed by atoms with Gasteiger partial charge in [0.05, 0.1) is 0 Å². The third-order valence-electron chi connectivity index (χ3n) is 3.32. The molecular weight excluding hydrogens is 330 g/mol. The fourth-order valence-corrected chi connectivity index (χ4v) is 2.35.